The van der Waals surface area contributed by atoms with E-state index in [1.807, 2.05) is 33.3 Å². The standard InChI is InChI=1S/C73H145N2O7P/c1-7-10-13-16-19-22-25-27-29-31-33-35-36-37-38-40-42-44-46-48-51-54-57-60-63-66-73(77)82-71(64-61-58-55-52-49-24-21-18-15-12-9-3)70(69-81-83(78,79)80-68-67-75(4,5)6)74-72(76)65-62-59-56-53-50-47-45-43-41-39-34-32-30-28-26-23-20-17-14-11-8-2/h61,64,70-71H,7-60,62-63,65-69H2,1-6H3,(H-,74,76,78,79)/b64-61+. The molecule has 0 radical (unpaired) electrons. The van der Waals surface area contributed by atoms with Gasteiger partial charge in [-0.2, -0.15) is 0 Å². The number of allylic oxidation sites excluding steroid dienone is 1. The minimum absolute atomic E-state index is 0.0164. The van der Waals surface area contributed by atoms with Crippen molar-refractivity contribution < 1.29 is 37.3 Å². The molecule has 3 atom stereocenters. The summed E-state index contributed by atoms with van der Waals surface area (Å²) in [6, 6.07) is -0.880. The van der Waals surface area contributed by atoms with E-state index < -0.39 is 20.0 Å². The molecule has 83 heavy (non-hydrogen) atoms. The quantitative estimate of drug-likeness (QED) is 0.0212. The lowest BCUT2D eigenvalue weighted by molar-refractivity contribution is -0.870. The number of unbranched alkanes of at least 4 members (excludes halogenated alkanes) is 53. The van der Waals surface area contributed by atoms with Gasteiger partial charge in [-0.05, 0) is 31.8 Å². The second-order valence-corrected chi connectivity index (χ2v) is 28.2. The smallest absolute Gasteiger partial charge is 0.306 e. The van der Waals surface area contributed by atoms with Gasteiger partial charge in [0.05, 0.1) is 33.8 Å². The van der Waals surface area contributed by atoms with Crippen LogP contribution in [0.25, 0.3) is 0 Å². The van der Waals surface area contributed by atoms with Crippen molar-refractivity contribution in [2.24, 2.45) is 0 Å². The predicted molar refractivity (Wildman–Crippen MR) is 358 cm³/mol. The van der Waals surface area contributed by atoms with Crippen LogP contribution in [-0.2, 0) is 27.9 Å². The summed E-state index contributed by atoms with van der Waals surface area (Å²) < 4.78 is 30.5. The Morgan fingerprint density at radius 1 is 0.410 bits per heavy atom. The lowest BCUT2D eigenvalue weighted by atomic mass is 10.0. The van der Waals surface area contributed by atoms with Crippen LogP contribution in [0.4, 0.5) is 0 Å². The fraction of sp³-hybridized carbons (Fsp3) is 0.945. The van der Waals surface area contributed by atoms with Crippen molar-refractivity contribution in [1.82, 2.24) is 5.32 Å². The Bertz CT molecular complexity index is 1420. The second kappa shape index (κ2) is 63.8. The summed E-state index contributed by atoms with van der Waals surface area (Å²) in [5.74, 6) is -0.512. The van der Waals surface area contributed by atoms with E-state index in [-0.39, 0.29) is 31.5 Å². The maximum atomic E-state index is 13.6. The van der Waals surface area contributed by atoms with Gasteiger partial charge in [-0.25, -0.2) is 0 Å². The van der Waals surface area contributed by atoms with Crippen LogP contribution in [0.5, 0.6) is 0 Å². The van der Waals surface area contributed by atoms with E-state index in [9.17, 15) is 19.0 Å². The minimum Gasteiger partial charge on any atom is -0.756 e. The van der Waals surface area contributed by atoms with Crippen LogP contribution in [0.1, 0.15) is 393 Å². The lowest BCUT2D eigenvalue weighted by Gasteiger charge is -2.30. The molecule has 0 aliphatic carbocycles. The highest BCUT2D eigenvalue weighted by Crippen LogP contribution is 2.38. The average Bonchev–Trinajstić information content (AvgIpc) is 3.51. The number of carbonyl (C=O) groups is 2. The number of ether oxygens (including phenoxy) is 1. The third-order valence-corrected chi connectivity index (χ3v) is 18.2. The van der Waals surface area contributed by atoms with E-state index in [4.69, 9.17) is 13.8 Å². The lowest BCUT2D eigenvalue weighted by Crippen LogP contribution is -2.47. The molecule has 0 saturated carbocycles. The van der Waals surface area contributed by atoms with Crippen molar-refractivity contribution >= 4 is 19.7 Å². The summed E-state index contributed by atoms with van der Waals surface area (Å²) in [6.45, 7) is 6.92. The maximum absolute atomic E-state index is 13.6. The number of hydrogen-bond donors (Lipinski definition) is 1. The predicted octanol–water partition coefficient (Wildman–Crippen LogP) is 22.8. The number of phosphoric acid groups is 1. The zero-order valence-corrected chi connectivity index (χ0v) is 57.6. The van der Waals surface area contributed by atoms with Crippen LogP contribution in [-0.4, -0.2) is 69.4 Å². The minimum atomic E-state index is -4.70. The molecular formula is C73H145N2O7P. The SMILES string of the molecule is CCCCCCCCCCC/C=C/C(OC(=O)CCCCCCCCCCCCCCCCCCCCCCCCCCC)C(COP(=O)([O-])OCC[N+](C)(C)C)NC(=O)CCCCCCCCCCCCCCCCCCCCCCC. The van der Waals surface area contributed by atoms with Gasteiger partial charge in [-0.3, -0.25) is 14.2 Å². The van der Waals surface area contributed by atoms with Gasteiger partial charge in [0, 0.05) is 12.8 Å². The molecule has 0 rings (SSSR count). The van der Waals surface area contributed by atoms with E-state index in [1.165, 1.54) is 302 Å². The number of nitrogens with zero attached hydrogens (tertiary/aromatic N) is 1. The summed E-state index contributed by atoms with van der Waals surface area (Å²) in [4.78, 5) is 40.2. The zero-order valence-electron chi connectivity index (χ0n) is 56.7. The first-order chi connectivity index (χ1) is 40.4. The third-order valence-electron chi connectivity index (χ3n) is 17.2. The molecule has 494 valence electrons. The molecule has 0 heterocycles. The first-order valence-electron chi connectivity index (χ1n) is 37.0. The van der Waals surface area contributed by atoms with Crippen LogP contribution >= 0.6 is 7.82 Å². The van der Waals surface area contributed by atoms with Gasteiger partial charge in [0.25, 0.3) is 7.82 Å². The molecule has 1 amide bonds. The second-order valence-electron chi connectivity index (χ2n) is 26.8. The number of phosphoric ester groups is 1. The fourth-order valence-electron chi connectivity index (χ4n) is 11.5. The number of likely N-dealkylation sites (N-methyl/N-ethyl adjacent to an activating group) is 1. The normalized spacial score (nSPS) is 13.5. The van der Waals surface area contributed by atoms with Crippen LogP contribution < -0.4 is 10.2 Å². The Labute approximate surface area is 518 Å². The summed E-state index contributed by atoms with van der Waals surface area (Å²) in [7, 11) is 1.21. The molecule has 0 aromatic heterocycles. The molecule has 0 aromatic carbocycles. The third kappa shape index (κ3) is 65.0. The van der Waals surface area contributed by atoms with Gasteiger partial charge in [0.2, 0.25) is 5.91 Å². The molecule has 0 aliphatic rings. The largest absolute Gasteiger partial charge is 0.756 e. The number of carbonyl (C=O) groups excluding carboxylic acids is 2. The summed E-state index contributed by atoms with van der Waals surface area (Å²) in [5, 5.41) is 3.05. The molecule has 3 unspecified atom stereocenters. The van der Waals surface area contributed by atoms with Crippen molar-refractivity contribution in [3.63, 3.8) is 0 Å². The molecule has 0 aromatic rings. The number of nitrogens with one attached hydrogen (secondary N) is 1. The Kier molecular flexibility index (Phi) is 62.8. The van der Waals surface area contributed by atoms with E-state index in [2.05, 4.69) is 26.1 Å². The van der Waals surface area contributed by atoms with E-state index >= 15 is 0 Å². The first kappa shape index (κ1) is 81.8. The molecule has 0 saturated heterocycles. The van der Waals surface area contributed by atoms with Crippen LogP contribution in [0.3, 0.4) is 0 Å². The van der Waals surface area contributed by atoms with Crippen LogP contribution in [0.2, 0.25) is 0 Å². The highest BCUT2D eigenvalue weighted by atomic mass is 31.2. The maximum Gasteiger partial charge on any atom is 0.306 e. The van der Waals surface area contributed by atoms with Crippen molar-refractivity contribution in [3.8, 4) is 0 Å². The van der Waals surface area contributed by atoms with Crippen molar-refractivity contribution in [2.75, 3.05) is 40.9 Å². The number of rotatable bonds is 69. The zero-order chi connectivity index (χ0) is 60.7. The molecule has 0 spiro atoms. The van der Waals surface area contributed by atoms with Gasteiger partial charge in [0.1, 0.15) is 19.3 Å². The molecule has 1 N–H and O–H groups in total. The number of esters is 1. The van der Waals surface area contributed by atoms with Gasteiger partial charge < -0.3 is 28.5 Å². The van der Waals surface area contributed by atoms with Crippen LogP contribution in [0.15, 0.2) is 12.2 Å². The summed E-state index contributed by atoms with van der Waals surface area (Å²) in [5.41, 5.74) is 0. The number of amides is 1. The Hall–Kier alpha value is -1.25. The van der Waals surface area contributed by atoms with Crippen molar-refractivity contribution in [1.29, 1.82) is 0 Å². The average molecular weight is 1190 g/mol. The molecule has 10 heteroatoms. The van der Waals surface area contributed by atoms with Crippen molar-refractivity contribution in [3.05, 3.63) is 12.2 Å². The van der Waals surface area contributed by atoms with E-state index in [1.54, 1.807) is 0 Å². The monoisotopic (exact) mass is 1190 g/mol. The summed E-state index contributed by atoms with van der Waals surface area (Å²) in [6.07, 6.45) is 76.4. The Morgan fingerprint density at radius 3 is 0.988 bits per heavy atom. The van der Waals surface area contributed by atoms with E-state index in [0.717, 1.165) is 57.8 Å². The van der Waals surface area contributed by atoms with Gasteiger partial charge in [-0.1, -0.05) is 361 Å². The molecule has 9 nitrogen and oxygen atoms in total. The molecule has 0 bridgehead atoms. The Morgan fingerprint density at radius 2 is 0.687 bits per heavy atom. The molecular weight excluding hydrogens is 1050 g/mol. The van der Waals surface area contributed by atoms with E-state index in [0.29, 0.717) is 17.4 Å². The van der Waals surface area contributed by atoms with Crippen LogP contribution in [0, 0.1) is 0 Å². The topological polar surface area (TPSA) is 114 Å². The van der Waals surface area contributed by atoms with Gasteiger partial charge in [0.15, 0.2) is 0 Å². The fourth-order valence-corrected chi connectivity index (χ4v) is 12.3. The van der Waals surface area contributed by atoms with Gasteiger partial charge >= 0.3 is 5.97 Å². The first-order valence-corrected chi connectivity index (χ1v) is 38.5. The number of quaternary nitrogens is 1. The Balaban J connectivity index is 4.92. The molecule has 0 fully saturated rings. The highest BCUT2D eigenvalue weighted by molar-refractivity contribution is 7.45. The van der Waals surface area contributed by atoms with Gasteiger partial charge in [-0.15, -0.1) is 0 Å². The van der Waals surface area contributed by atoms with Crippen molar-refractivity contribution in [2.45, 2.75) is 405 Å². The highest BCUT2D eigenvalue weighted by Gasteiger charge is 2.27. The number of hydrogen-bond acceptors (Lipinski definition) is 7. The molecule has 0 aliphatic heterocycles. The summed E-state index contributed by atoms with van der Waals surface area (Å²) >= 11 is 0.